The van der Waals surface area contributed by atoms with Crippen LogP contribution in [0.5, 0.6) is 0 Å². The minimum atomic E-state index is -3.56. The molecule has 0 radical (unpaired) electrons. The van der Waals surface area contributed by atoms with Crippen LogP contribution in [0, 0.1) is 6.92 Å². The molecule has 0 N–H and O–H groups in total. The summed E-state index contributed by atoms with van der Waals surface area (Å²) in [4.78, 5) is 3.95. The van der Waals surface area contributed by atoms with Crippen LogP contribution in [-0.4, -0.2) is 24.8 Å². The fraction of sp³-hybridized carbons (Fsp3) is 0.214. The SMILES string of the molecule is Cc1ccccc1CN(C)S(=O)(=O)c1ccc(Cl)nc1. The highest BCUT2D eigenvalue weighted by atomic mass is 35.5. The van der Waals surface area contributed by atoms with Gasteiger partial charge in [0.05, 0.1) is 0 Å². The summed E-state index contributed by atoms with van der Waals surface area (Å²) >= 11 is 5.67. The van der Waals surface area contributed by atoms with E-state index in [0.717, 1.165) is 11.1 Å². The first-order valence-electron chi connectivity index (χ1n) is 6.03. The largest absolute Gasteiger partial charge is 0.244 e. The van der Waals surface area contributed by atoms with Crippen molar-refractivity contribution in [3.8, 4) is 0 Å². The van der Waals surface area contributed by atoms with Crippen LogP contribution in [0.3, 0.4) is 0 Å². The van der Waals surface area contributed by atoms with Crippen molar-refractivity contribution in [2.45, 2.75) is 18.4 Å². The molecule has 1 heterocycles. The second kappa shape index (κ2) is 5.91. The van der Waals surface area contributed by atoms with Crippen molar-refractivity contribution in [2.75, 3.05) is 7.05 Å². The van der Waals surface area contributed by atoms with Crippen LogP contribution in [0.15, 0.2) is 47.5 Å². The summed E-state index contributed by atoms with van der Waals surface area (Å²) in [6.45, 7) is 2.28. The molecule has 20 heavy (non-hydrogen) atoms. The van der Waals surface area contributed by atoms with Gasteiger partial charge in [0.1, 0.15) is 10.0 Å². The van der Waals surface area contributed by atoms with E-state index in [4.69, 9.17) is 11.6 Å². The van der Waals surface area contributed by atoms with E-state index < -0.39 is 10.0 Å². The van der Waals surface area contributed by atoms with Crippen LogP contribution in [0.25, 0.3) is 0 Å². The van der Waals surface area contributed by atoms with Crippen LogP contribution in [0.1, 0.15) is 11.1 Å². The van der Waals surface area contributed by atoms with Crippen LogP contribution in [0.2, 0.25) is 5.15 Å². The lowest BCUT2D eigenvalue weighted by Crippen LogP contribution is -2.26. The molecule has 0 saturated heterocycles. The first-order chi connectivity index (χ1) is 9.41. The summed E-state index contributed by atoms with van der Waals surface area (Å²) in [5.74, 6) is 0. The number of nitrogens with zero attached hydrogens (tertiary/aromatic N) is 2. The number of hydrogen-bond acceptors (Lipinski definition) is 3. The molecule has 106 valence electrons. The van der Waals surface area contributed by atoms with Gasteiger partial charge in [0, 0.05) is 19.8 Å². The lowest BCUT2D eigenvalue weighted by atomic mass is 10.1. The van der Waals surface area contributed by atoms with E-state index in [1.165, 1.54) is 22.6 Å². The van der Waals surface area contributed by atoms with Gasteiger partial charge in [-0.2, -0.15) is 4.31 Å². The summed E-state index contributed by atoms with van der Waals surface area (Å²) in [6, 6.07) is 10.6. The molecule has 1 aromatic carbocycles. The number of halogens is 1. The summed E-state index contributed by atoms with van der Waals surface area (Å²) in [5, 5.41) is 0.269. The molecule has 6 heteroatoms. The Labute approximate surface area is 124 Å². The van der Waals surface area contributed by atoms with Gasteiger partial charge in [-0.25, -0.2) is 13.4 Å². The molecule has 0 bridgehead atoms. The first-order valence-corrected chi connectivity index (χ1v) is 7.85. The first kappa shape index (κ1) is 15.0. The summed E-state index contributed by atoms with van der Waals surface area (Å²) < 4.78 is 26.1. The molecule has 0 fully saturated rings. The second-order valence-electron chi connectivity index (χ2n) is 4.50. The zero-order chi connectivity index (χ0) is 14.8. The smallest absolute Gasteiger partial charge is 0.243 e. The maximum atomic E-state index is 12.4. The lowest BCUT2D eigenvalue weighted by molar-refractivity contribution is 0.465. The fourth-order valence-corrected chi connectivity index (χ4v) is 3.01. The molecule has 0 unspecified atom stereocenters. The quantitative estimate of drug-likeness (QED) is 0.816. The molecule has 0 aliphatic rings. The molecule has 2 aromatic rings. The third-order valence-electron chi connectivity index (χ3n) is 3.06. The Bertz CT molecular complexity index is 699. The Morgan fingerprint density at radius 3 is 2.50 bits per heavy atom. The number of aromatic nitrogens is 1. The molecule has 0 aliphatic heterocycles. The van der Waals surface area contributed by atoms with Crippen LogP contribution in [-0.2, 0) is 16.6 Å². The van der Waals surface area contributed by atoms with E-state index in [1.807, 2.05) is 31.2 Å². The van der Waals surface area contributed by atoms with Crippen molar-refractivity contribution in [2.24, 2.45) is 0 Å². The molecule has 0 spiro atoms. The molecule has 1 aromatic heterocycles. The minimum Gasteiger partial charge on any atom is -0.243 e. The highest BCUT2D eigenvalue weighted by molar-refractivity contribution is 7.89. The zero-order valence-electron chi connectivity index (χ0n) is 11.2. The topological polar surface area (TPSA) is 50.3 Å². The Morgan fingerprint density at radius 1 is 1.20 bits per heavy atom. The lowest BCUT2D eigenvalue weighted by Gasteiger charge is -2.18. The number of aryl methyl sites for hydroxylation is 1. The maximum absolute atomic E-state index is 12.4. The van der Waals surface area contributed by atoms with Crippen LogP contribution < -0.4 is 0 Å². The van der Waals surface area contributed by atoms with E-state index >= 15 is 0 Å². The van der Waals surface area contributed by atoms with Gasteiger partial charge in [-0.05, 0) is 30.2 Å². The fourth-order valence-electron chi connectivity index (χ4n) is 1.81. The van der Waals surface area contributed by atoms with E-state index in [0.29, 0.717) is 6.54 Å². The van der Waals surface area contributed by atoms with Gasteiger partial charge >= 0.3 is 0 Å². The predicted octanol–water partition coefficient (Wildman–Crippen LogP) is 2.86. The molecule has 4 nitrogen and oxygen atoms in total. The number of pyridine rings is 1. The van der Waals surface area contributed by atoms with Gasteiger partial charge < -0.3 is 0 Å². The molecule has 0 amide bonds. The van der Waals surface area contributed by atoms with Crippen molar-refractivity contribution in [1.29, 1.82) is 0 Å². The molecule has 0 saturated carbocycles. The van der Waals surface area contributed by atoms with Gasteiger partial charge in [0.15, 0.2) is 0 Å². The molecule has 0 aliphatic carbocycles. The Morgan fingerprint density at radius 2 is 1.90 bits per heavy atom. The summed E-state index contributed by atoms with van der Waals surface area (Å²) in [5.41, 5.74) is 2.03. The van der Waals surface area contributed by atoms with Crippen molar-refractivity contribution in [3.05, 3.63) is 58.9 Å². The number of hydrogen-bond donors (Lipinski definition) is 0. The van der Waals surface area contributed by atoms with E-state index in [-0.39, 0.29) is 10.0 Å². The Hall–Kier alpha value is -1.43. The molecular formula is C14H15ClN2O2S. The normalized spacial score (nSPS) is 11.8. The van der Waals surface area contributed by atoms with E-state index in [9.17, 15) is 8.42 Å². The zero-order valence-corrected chi connectivity index (χ0v) is 12.8. The van der Waals surface area contributed by atoms with Crippen molar-refractivity contribution < 1.29 is 8.42 Å². The van der Waals surface area contributed by atoms with Crippen molar-refractivity contribution in [1.82, 2.24) is 9.29 Å². The average Bonchev–Trinajstić information content (AvgIpc) is 2.41. The number of rotatable bonds is 4. The average molecular weight is 311 g/mol. The van der Waals surface area contributed by atoms with Crippen LogP contribution >= 0.6 is 11.6 Å². The van der Waals surface area contributed by atoms with E-state index in [2.05, 4.69) is 4.98 Å². The monoisotopic (exact) mass is 310 g/mol. The van der Waals surface area contributed by atoms with Crippen LogP contribution in [0.4, 0.5) is 0 Å². The maximum Gasteiger partial charge on any atom is 0.244 e. The molecular weight excluding hydrogens is 296 g/mol. The summed E-state index contributed by atoms with van der Waals surface area (Å²) in [7, 11) is -2.01. The van der Waals surface area contributed by atoms with Crippen molar-refractivity contribution in [3.63, 3.8) is 0 Å². The van der Waals surface area contributed by atoms with Gasteiger partial charge in [-0.3, -0.25) is 0 Å². The summed E-state index contributed by atoms with van der Waals surface area (Å²) in [6.07, 6.45) is 1.27. The Kier molecular flexibility index (Phi) is 4.42. The number of sulfonamides is 1. The van der Waals surface area contributed by atoms with Gasteiger partial charge in [-0.15, -0.1) is 0 Å². The highest BCUT2D eigenvalue weighted by Crippen LogP contribution is 2.18. The Balaban J connectivity index is 2.26. The van der Waals surface area contributed by atoms with Gasteiger partial charge in [-0.1, -0.05) is 35.9 Å². The predicted molar refractivity (Wildman–Crippen MR) is 79.1 cm³/mol. The highest BCUT2D eigenvalue weighted by Gasteiger charge is 2.21. The second-order valence-corrected chi connectivity index (χ2v) is 6.94. The molecule has 2 rings (SSSR count). The van der Waals surface area contributed by atoms with Gasteiger partial charge in [0.2, 0.25) is 10.0 Å². The standard InChI is InChI=1S/C14H15ClN2O2S/c1-11-5-3-4-6-12(11)10-17(2)20(18,19)13-7-8-14(15)16-9-13/h3-9H,10H2,1-2H3. The minimum absolute atomic E-state index is 0.137. The molecule has 0 atom stereocenters. The number of benzene rings is 1. The third-order valence-corrected chi connectivity index (χ3v) is 5.07. The third kappa shape index (κ3) is 3.17. The van der Waals surface area contributed by atoms with Crippen molar-refractivity contribution >= 4 is 21.6 Å². The van der Waals surface area contributed by atoms with Gasteiger partial charge in [0.25, 0.3) is 0 Å². The van der Waals surface area contributed by atoms with E-state index in [1.54, 1.807) is 7.05 Å².